The van der Waals surface area contributed by atoms with E-state index in [1.807, 2.05) is 6.07 Å². The van der Waals surface area contributed by atoms with Crippen molar-refractivity contribution in [2.75, 3.05) is 17.2 Å². The van der Waals surface area contributed by atoms with Crippen molar-refractivity contribution < 1.29 is 18.0 Å². The van der Waals surface area contributed by atoms with Crippen LogP contribution in [0.15, 0.2) is 59.6 Å². The molecule has 2 N–H and O–H groups in total. The highest BCUT2D eigenvalue weighted by molar-refractivity contribution is 9.10. The molecule has 0 spiro atoms. The molecule has 140 valence electrons. The van der Waals surface area contributed by atoms with Crippen LogP contribution in [0.25, 0.3) is 5.69 Å². The van der Waals surface area contributed by atoms with E-state index in [2.05, 4.69) is 36.6 Å². The van der Waals surface area contributed by atoms with Gasteiger partial charge in [-0.15, -0.1) is 0 Å². The summed E-state index contributed by atoms with van der Waals surface area (Å²) in [4.78, 5) is 16.0. The quantitative estimate of drug-likeness (QED) is 0.627. The summed E-state index contributed by atoms with van der Waals surface area (Å²) in [6.07, 6.45) is -1.96. The van der Waals surface area contributed by atoms with Gasteiger partial charge in [0.15, 0.2) is 0 Å². The van der Waals surface area contributed by atoms with Crippen LogP contribution in [0, 0.1) is 0 Å². The third-order valence-corrected chi connectivity index (χ3v) is 4.27. The highest BCUT2D eigenvalue weighted by Crippen LogP contribution is 2.33. The first-order valence-electron chi connectivity index (χ1n) is 7.69. The van der Waals surface area contributed by atoms with Crippen molar-refractivity contribution in [3.8, 4) is 5.69 Å². The van der Waals surface area contributed by atoms with E-state index >= 15 is 0 Å². The smallest absolute Gasteiger partial charge is 0.375 e. The largest absolute Gasteiger partial charge is 0.416 e. The number of para-hydroxylation sites is 1. The van der Waals surface area contributed by atoms with Crippen LogP contribution in [0.5, 0.6) is 0 Å². The summed E-state index contributed by atoms with van der Waals surface area (Å²) in [7, 11) is 0. The Kier molecular flexibility index (Phi) is 5.45. The van der Waals surface area contributed by atoms with Gasteiger partial charge in [-0.25, -0.2) is 9.67 Å². The molecular formula is C17H13BrF3N5O. The first-order valence-corrected chi connectivity index (χ1v) is 8.48. The lowest BCUT2D eigenvalue weighted by atomic mass is 10.1. The molecule has 0 aliphatic carbocycles. The van der Waals surface area contributed by atoms with Crippen LogP contribution in [0.2, 0.25) is 0 Å². The molecule has 0 aliphatic heterocycles. The fourth-order valence-electron chi connectivity index (χ4n) is 2.32. The molecule has 0 aliphatic rings. The molecule has 1 aromatic heterocycles. The maximum Gasteiger partial charge on any atom is 0.416 e. The molecule has 0 saturated heterocycles. The van der Waals surface area contributed by atoms with Gasteiger partial charge in [0.25, 0.3) is 0 Å². The van der Waals surface area contributed by atoms with E-state index in [1.54, 1.807) is 18.2 Å². The average Bonchev–Trinajstić information content (AvgIpc) is 3.14. The van der Waals surface area contributed by atoms with Gasteiger partial charge >= 0.3 is 6.18 Å². The summed E-state index contributed by atoms with van der Waals surface area (Å²) >= 11 is 3.34. The van der Waals surface area contributed by atoms with Crippen LogP contribution < -0.4 is 10.6 Å². The lowest BCUT2D eigenvalue weighted by Gasteiger charge is -2.15. The lowest BCUT2D eigenvalue weighted by Crippen LogP contribution is -2.23. The van der Waals surface area contributed by atoms with Gasteiger partial charge in [0.05, 0.1) is 23.5 Å². The van der Waals surface area contributed by atoms with Crippen LogP contribution in [-0.2, 0) is 11.0 Å². The molecule has 0 radical (unpaired) electrons. The molecule has 0 unspecified atom stereocenters. The monoisotopic (exact) mass is 439 g/mol. The van der Waals surface area contributed by atoms with Crippen LogP contribution in [-0.4, -0.2) is 27.2 Å². The topological polar surface area (TPSA) is 71.8 Å². The van der Waals surface area contributed by atoms with E-state index in [1.165, 1.54) is 23.4 Å². The molecule has 2 aromatic carbocycles. The van der Waals surface area contributed by atoms with Crippen molar-refractivity contribution in [3.05, 3.63) is 65.2 Å². The molecule has 6 nitrogen and oxygen atoms in total. The lowest BCUT2D eigenvalue weighted by molar-refractivity contribution is -0.137. The number of carbonyl (C=O) groups excluding carboxylic acids is 1. The van der Waals surface area contributed by atoms with Gasteiger partial charge in [0.1, 0.15) is 12.7 Å². The second kappa shape index (κ2) is 7.78. The van der Waals surface area contributed by atoms with Crippen molar-refractivity contribution in [2.45, 2.75) is 6.18 Å². The predicted octanol–water partition coefficient (Wildman–Crippen LogP) is 4.10. The van der Waals surface area contributed by atoms with E-state index < -0.39 is 17.6 Å². The first kappa shape index (κ1) is 18.9. The zero-order valence-corrected chi connectivity index (χ0v) is 15.3. The number of hydrogen-bond donors (Lipinski definition) is 2. The number of alkyl halides is 3. The Morgan fingerprint density at radius 2 is 1.93 bits per heavy atom. The Labute approximate surface area is 160 Å². The molecule has 0 bridgehead atoms. The molecule has 1 heterocycles. The number of nitrogens with zero attached hydrogens (tertiary/aromatic N) is 3. The molecular weight excluding hydrogens is 427 g/mol. The summed E-state index contributed by atoms with van der Waals surface area (Å²) in [5.74, 6) is -0.508. The molecule has 3 aromatic rings. The Bertz CT molecular complexity index is 944. The summed E-state index contributed by atoms with van der Waals surface area (Å²) in [6, 6.07) is 10.2. The van der Waals surface area contributed by atoms with Crippen LogP contribution >= 0.6 is 15.9 Å². The van der Waals surface area contributed by atoms with Crippen molar-refractivity contribution in [2.24, 2.45) is 0 Å². The third-order valence-electron chi connectivity index (χ3n) is 3.58. The Balaban J connectivity index is 1.81. The fraction of sp³-hybridized carbons (Fsp3) is 0.118. The number of halogens is 4. The molecule has 27 heavy (non-hydrogen) atoms. The van der Waals surface area contributed by atoms with E-state index in [-0.39, 0.29) is 17.9 Å². The number of rotatable bonds is 5. The van der Waals surface area contributed by atoms with Crippen LogP contribution in [0.3, 0.4) is 0 Å². The Morgan fingerprint density at radius 1 is 1.15 bits per heavy atom. The zero-order chi connectivity index (χ0) is 19.4. The second-order valence-electron chi connectivity index (χ2n) is 5.45. The molecule has 0 fully saturated rings. The van der Waals surface area contributed by atoms with Crippen LogP contribution in [0.4, 0.5) is 24.5 Å². The van der Waals surface area contributed by atoms with Gasteiger partial charge < -0.3 is 10.6 Å². The standard InChI is InChI=1S/C17H13BrF3N5O/c18-12-3-1-2-4-13(12)23-8-16(27)25-14-7-11(17(19,20)21)5-6-15(14)26-10-22-9-24-26/h1-7,9-10,23H,8H2,(H,25,27). The summed E-state index contributed by atoms with van der Waals surface area (Å²) < 4.78 is 41.1. The fourth-order valence-corrected chi connectivity index (χ4v) is 2.74. The Morgan fingerprint density at radius 3 is 2.59 bits per heavy atom. The van der Waals surface area contributed by atoms with Gasteiger partial charge in [-0.1, -0.05) is 12.1 Å². The maximum atomic E-state index is 13.0. The number of nitrogens with one attached hydrogen (secondary N) is 2. The van der Waals surface area contributed by atoms with E-state index in [9.17, 15) is 18.0 Å². The van der Waals surface area contributed by atoms with E-state index in [0.29, 0.717) is 5.69 Å². The first-order chi connectivity index (χ1) is 12.8. The van der Waals surface area contributed by atoms with Crippen molar-refractivity contribution in [1.82, 2.24) is 14.8 Å². The molecule has 0 saturated carbocycles. The average molecular weight is 440 g/mol. The number of amides is 1. The zero-order valence-electron chi connectivity index (χ0n) is 13.7. The van der Waals surface area contributed by atoms with Gasteiger partial charge in [-0.05, 0) is 46.3 Å². The normalized spacial score (nSPS) is 11.3. The molecule has 3 rings (SSSR count). The van der Waals surface area contributed by atoms with Crippen LogP contribution in [0.1, 0.15) is 5.56 Å². The minimum Gasteiger partial charge on any atom is -0.375 e. The SMILES string of the molecule is O=C(CNc1ccccc1Br)Nc1cc(C(F)(F)F)ccc1-n1cncn1. The van der Waals surface area contributed by atoms with Crippen molar-refractivity contribution in [3.63, 3.8) is 0 Å². The number of anilines is 2. The van der Waals surface area contributed by atoms with Crippen molar-refractivity contribution >= 4 is 33.2 Å². The van der Waals surface area contributed by atoms with E-state index in [4.69, 9.17) is 0 Å². The molecule has 10 heteroatoms. The summed E-state index contributed by atoms with van der Waals surface area (Å²) in [6.45, 7) is -0.129. The number of hydrogen-bond acceptors (Lipinski definition) is 4. The second-order valence-corrected chi connectivity index (χ2v) is 6.31. The number of carbonyl (C=O) groups is 1. The summed E-state index contributed by atoms with van der Waals surface area (Å²) in [5.41, 5.74) is 0.0672. The van der Waals surface area contributed by atoms with E-state index in [0.717, 1.165) is 16.6 Å². The van der Waals surface area contributed by atoms with Gasteiger partial charge in [0.2, 0.25) is 5.91 Å². The van der Waals surface area contributed by atoms with Gasteiger partial charge in [-0.3, -0.25) is 4.79 Å². The minimum absolute atomic E-state index is 0.0192. The van der Waals surface area contributed by atoms with Crippen molar-refractivity contribution in [1.29, 1.82) is 0 Å². The number of benzene rings is 2. The van der Waals surface area contributed by atoms with Gasteiger partial charge in [0, 0.05) is 10.2 Å². The molecule has 0 atom stereocenters. The highest BCUT2D eigenvalue weighted by Gasteiger charge is 2.31. The number of aromatic nitrogens is 3. The summed E-state index contributed by atoms with van der Waals surface area (Å²) in [5, 5.41) is 9.31. The third kappa shape index (κ3) is 4.64. The Hall–Kier alpha value is -2.88. The van der Waals surface area contributed by atoms with Gasteiger partial charge in [-0.2, -0.15) is 18.3 Å². The highest BCUT2D eigenvalue weighted by atomic mass is 79.9. The maximum absolute atomic E-state index is 13.0. The molecule has 1 amide bonds. The minimum atomic E-state index is -4.53. The predicted molar refractivity (Wildman–Crippen MR) is 97.6 cm³/mol.